The van der Waals surface area contributed by atoms with Crippen molar-refractivity contribution in [3.8, 4) is 11.5 Å². The maximum Gasteiger partial charge on any atom is 0.341 e. The van der Waals surface area contributed by atoms with Gasteiger partial charge in [0.25, 0.3) is 0 Å². The second kappa shape index (κ2) is 10.0. The summed E-state index contributed by atoms with van der Waals surface area (Å²) >= 11 is 0. The second-order valence-corrected chi connectivity index (χ2v) is 4.59. The third-order valence-corrected chi connectivity index (χ3v) is 2.95. The molecule has 0 atom stereocenters. The molecule has 0 radical (unpaired) electrons. The number of rotatable bonds is 11. The summed E-state index contributed by atoms with van der Waals surface area (Å²) in [6, 6.07) is 5.46. The van der Waals surface area contributed by atoms with Gasteiger partial charge in [0.05, 0.1) is 7.11 Å². The molecule has 0 amide bonds. The van der Waals surface area contributed by atoms with Gasteiger partial charge in [-0.2, -0.15) is 0 Å². The van der Waals surface area contributed by atoms with Gasteiger partial charge in [-0.05, 0) is 31.9 Å². The number of benzene rings is 1. The number of aliphatic hydroxyl groups excluding tert-OH is 1. The zero-order valence-electron chi connectivity index (χ0n) is 12.3. The Morgan fingerprint density at radius 2 is 2.10 bits per heavy atom. The van der Waals surface area contributed by atoms with Gasteiger partial charge in [0.15, 0.2) is 18.1 Å². The van der Waals surface area contributed by atoms with Gasteiger partial charge in [0.2, 0.25) is 0 Å². The number of aliphatic hydroxyl groups is 1. The summed E-state index contributed by atoms with van der Waals surface area (Å²) in [7, 11) is 1.52. The van der Waals surface area contributed by atoms with Crippen molar-refractivity contribution in [2.75, 3.05) is 26.9 Å². The number of hydrogen-bond donors (Lipinski definition) is 3. The van der Waals surface area contributed by atoms with Crippen LogP contribution in [0.5, 0.6) is 11.5 Å². The minimum atomic E-state index is -1.02. The van der Waals surface area contributed by atoms with E-state index in [9.17, 15) is 4.79 Å². The van der Waals surface area contributed by atoms with E-state index < -0.39 is 12.6 Å². The maximum atomic E-state index is 10.6. The zero-order valence-corrected chi connectivity index (χ0v) is 12.3. The fourth-order valence-electron chi connectivity index (χ4n) is 1.92. The standard InChI is InChI=1S/C15H23NO5/c1-20-13-7-5-6-12(15(13)21-11-14(18)19)10-16-8-3-2-4-9-17/h5-7,16-17H,2-4,8-11H2,1H3,(H,18,19). The first-order chi connectivity index (χ1) is 10.2. The summed E-state index contributed by atoms with van der Waals surface area (Å²) in [4.78, 5) is 10.6. The van der Waals surface area contributed by atoms with Gasteiger partial charge in [-0.15, -0.1) is 0 Å². The van der Waals surface area contributed by atoms with Crippen LogP contribution in [0.4, 0.5) is 0 Å². The molecule has 0 saturated carbocycles. The molecule has 0 unspecified atom stereocenters. The minimum Gasteiger partial charge on any atom is -0.493 e. The van der Waals surface area contributed by atoms with Crippen LogP contribution < -0.4 is 14.8 Å². The van der Waals surface area contributed by atoms with Gasteiger partial charge in [0.1, 0.15) is 0 Å². The molecule has 1 aromatic carbocycles. The highest BCUT2D eigenvalue weighted by Crippen LogP contribution is 2.31. The lowest BCUT2D eigenvalue weighted by atomic mass is 10.1. The molecule has 0 aliphatic rings. The van der Waals surface area contributed by atoms with Crippen LogP contribution in [-0.2, 0) is 11.3 Å². The van der Waals surface area contributed by atoms with Crippen molar-refractivity contribution in [1.82, 2.24) is 5.32 Å². The Bertz CT molecular complexity index is 436. The number of hydrogen-bond acceptors (Lipinski definition) is 5. The third-order valence-electron chi connectivity index (χ3n) is 2.95. The highest BCUT2D eigenvalue weighted by molar-refractivity contribution is 5.68. The Balaban J connectivity index is 2.56. The van der Waals surface area contributed by atoms with Crippen LogP contribution >= 0.6 is 0 Å². The van der Waals surface area contributed by atoms with E-state index >= 15 is 0 Å². The van der Waals surface area contributed by atoms with Crippen molar-refractivity contribution >= 4 is 5.97 Å². The van der Waals surface area contributed by atoms with Crippen molar-refractivity contribution in [2.45, 2.75) is 25.8 Å². The van der Waals surface area contributed by atoms with Crippen LogP contribution in [0.2, 0.25) is 0 Å². The molecule has 1 aromatic rings. The van der Waals surface area contributed by atoms with Gasteiger partial charge < -0.3 is 25.0 Å². The quantitative estimate of drug-likeness (QED) is 0.535. The molecule has 6 heteroatoms. The highest BCUT2D eigenvalue weighted by atomic mass is 16.5. The lowest BCUT2D eigenvalue weighted by Gasteiger charge is -2.14. The van der Waals surface area contributed by atoms with Crippen molar-refractivity contribution < 1.29 is 24.5 Å². The molecule has 21 heavy (non-hydrogen) atoms. The predicted octanol–water partition coefficient (Wildman–Crippen LogP) is 1.41. The Hall–Kier alpha value is -1.79. The topological polar surface area (TPSA) is 88.0 Å². The number of unbranched alkanes of at least 4 members (excludes halogenated alkanes) is 2. The normalized spacial score (nSPS) is 10.4. The van der Waals surface area contributed by atoms with E-state index in [1.54, 1.807) is 6.07 Å². The monoisotopic (exact) mass is 297 g/mol. The largest absolute Gasteiger partial charge is 0.493 e. The molecule has 118 valence electrons. The Morgan fingerprint density at radius 3 is 2.76 bits per heavy atom. The van der Waals surface area contributed by atoms with Crippen molar-refractivity contribution in [2.24, 2.45) is 0 Å². The van der Waals surface area contributed by atoms with Crippen LogP contribution in [0.25, 0.3) is 0 Å². The molecule has 0 spiro atoms. The molecule has 0 saturated heterocycles. The lowest BCUT2D eigenvalue weighted by molar-refractivity contribution is -0.139. The summed E-state index contributed by atoms with van der Waals surface area (Å²) in [5.74, 6) is -0.0371. The predicted molar refractivity (Wildman–Crippen MR) is 78.8 cm³/mol. The van der Waals surface area contributed by atoms with E-state index in [2.05, 4.69) is 5.32 Å². The molecule has 0 aliphatic heterocycles. The SMILES string of the molecule is COc1cccc(CNCCCCCO)c1OCC(=O)O. The first-order valence-corrected chi connectivity index (χ1v) is 7.01. The molecule has 6 nitrogen and oxygen atoms in total. The van der Waals surface area contributed by atoms with Crippen LogP contribution in [0.15, 0.2) is 18.2 Å². The highest BCUT2D eigenvalue weighted by Gasteiger charge is 2.11. The third kappa shape index (κ3) is 6.46. The van der Waals surface area contributed by atoms with E-state index in [0.717, 1.165) is 31.4 Å². The number of carboxylic acid groups (broad SMARTS) is 1. The average Bonchev–Trinajstić information content (AvgIpc) is 2.48. The number of aliphatic carboxylic acids is 1. The second-order valence-electron chi connectivity index (χ2n) is 4.59. The fraction of sp³-hybridized carbons (Fsp3) is 0.533. The van der Waals surface area contributed by atoms with E-state index in [1.807, 2.05) is 12.1 Å². The van der Waals surface area contributed by atoms with Crippen LogP contribution in [0.3, 0.4) is 0 Å². The van der Waals surface area contributed by atoms with Crippen molar-refractivity contribution in [3.63, 3.8) is 0 Å². The molecule has 0 heterocycles. The number of para-hydroxylation sites is 1. The summed E-state index contributed by atoms with van der Waals surface area (Å²) in [5, 5.41) is 20.7. The minimum absolute atomic E-state index is 0.225. The molecule has 0 bridgehead atoms. The molecule has 3 N–H and O–H groups in total. The van der Waals surface area contributed by atoms with E-state index in [4.69, 9.17) is 19.7 Å². The smallest absolute Gasteiger partial charge is 0.341 e. The van der Waals surface area contributed by atoms with Crippen molar-refractivity contribution in [1.29, 1.82) is 0 Å². The Labute approximate surface area is 124 Å². The van der Waals surface area contributed by atoms with Crippen LogP contribution in [-0.4, -0.2) is 43.1 Å². The Morgan fingerprint density at radius 1 is 1.29 bits per heavy atom. The summed E-state index contributed by atoms with van der Waals surface area (Å²) in [5.41, 5.74) is 0.859. The van der Waals surface area contributed by atoms with Crippen LogP contribution in [0.1, 0.15) is 24.8 Å². The number of nitrogens with one attached hydrogen (secondary N) is 1. The molecular weight excluding hydrogens is 274 g/mol. The van der Waals surface area contributed by atoms with Crippen LogP contribution in [0, 0.1) is 0 Å². The van der Waals surface area contributed by atoms with E-state index in [1.165, 1.54) is 7.11 Å². The van der Waals surface area contributed by atoms with Gasteiger partial charge in [-0.3, -0.25) is 0 Å². The first kappa shape index (κ1) is 17.3. The summed E-state index contributed by atoms with van der Waals surface area (Å²) < 4.78 is 10.5. The van der Waals surface area contributed by atoms with Crippen molar-refractivity contribution in [3.05, 3.63) is 23.8 Å². The molecule has 0 aromatic heterocycles. The number of methoxy groups -OCH3 is 1. The van der Waals surface area contributed by atoms with Gasteiger partial charge >= 0.3 is 5.97 Å². The Kier molecular flexibility index (Phi) is 8.23. The van der Waals surface area contributed by atoms with Gasteiger partial charge in [-0.1, -0.05) is 12.1 Å². The van der Waals surface area contributed by atoms with Gasteiger partial charge in [-0.25, -0.2) is 4.79 Å². The fourth-order valence-corrected chi connectivity index (χ4v) is 1.92. The number of carbonyl (C=O) groups is 1. The number of ether oxygens (including phenoxy) is 2. The molecule has 1 rings (SSSR count). The first-order valence-electron chi connectivity index (χ1n) is 7.01. The number of carboxylic acids is 1. The average molecular weight is 297 g/mol. The van der Waals surface area contributed by atoms with E-state index in [-0.39, 0.29) is 6.61 Å². The van der Waals surface area contributed by atoms with E-state index in [0.29, 0.717) is 18.0 Å². The summed E-state index contributed by atoms with van der Waals surface area (Å²) in [6.45, 7) is 1.23. The molecule has 0 aliphatic carbocycles. The zero-order chi connectivity index (χ0) is 15.5. The molecular formula is C15H23NO5. The summed E-state index contributed by atoms with van der Waals surface area (Å²) in [6.07, 6.45) is 2.77. The molecule has 0 fully saturated rings. The van der Waals surface area contributed by atoms with Gasteiger partial charge in [0, 0.05) is 18.7 Å². The lowest BCUT2D eigenvalue weighted by Crippen LogP contribution is -2.17. The maximum absolute atomic E-state index is 10.6.